The number of nitrogens with zero attached hydrogens (tertiary/aromatic N) is 1. The molecule has 0 aliphatic heterocycles. The fourth-order valence-corrected chi connectivity index (χ4v) is 2.96. The van der Waals surface area contributed by atoms with E-state index in [1.165, 1.54) is 10.7 Å². The Hall–Kier alpha value is -0.0600. The lowest BCUT2D eigenvalue weighted by Gasteiger charge is -2.13. The third-order valence-electron chi connectivity index (χ3n) is 1.94. The van der Waals surface area contributed by atoms with Crippen molar-refractivity contribution in [3.8, 4) is 0 Å². The van der Waals surface area contributed by atoms with E-state index in [0.717, 1.165) is 24.5 Å². The molecular weight excluding hydrogens is 224 g/mol. The normalized spacial score (nSPS) is 12.0. The Labute approximate surface area is 101 Å². The lowest BCUT2D eigenvalue weighted by atomic mass is 9.98. The maximum absolute atomic E-state index is 5.44. The van der Waals surface area contributed by atoms with Crippen LogP contribution < -0.4 is 5.73 Å². The highest BCUT2D eigenvalue weighted by Gasteiger charge is 2.17. The van der Waals surface area contributed by atoms with Crippen molar-refractivity contribution in [2.24, 2.45) is 5.73 Å². The van der Waals surface area contributed by atoms with Crippen LogP contribution in [0, 0.1) is 0 Å². The van der Waals surface area contributed by atoms with Gasteiger partial charge in [-0.25, -0.2) is 4.98 Å². The lowest BCUT2D eigenvalue weighted by Crippen LogP contribution is -2.10. The number of aromatic nitrogens is 1. The smallest absolute Gasteiger partial charge is 0.0982 e. The summed E-state index contributed by atoms with van der Waals surface area (Å²) in [6.07, 6.45) is 1.10. The summed E-state index contributed by atoms with van der Waals surface area (Å²) in [5.41, 5.74) is 6.84. The number of thioether (sulfide) groups is 1. The predicted molar refractivity (Wildman–Crippen MR) is 70.6 cm³/mol. The summed E-state index contributed by atoms with van der Waals surface area (Å²) in [6.45, 7) is 7.41. The second-order valence-corrected chi connectivity index (χ2v) is 6.55. The molecule has 1 aromatic rings. The molecule has 0 unspecified atom stereocenters. The summed E-state index contributed by atoms with van der Waals surface area (Å²) in [5, 5.41) is 3.41. The van der Waals surface area contributed by atoms with Crippen molar-refractivity contribution in [1.29, 1.82) is 0 Å². The van der Waals surface area contributed by atoms with Crippen molar-refractivity contribution in [1.82, 2.24) is 4.98 Å². The van der Waals surface area contributed by atoms with Crippen LogP contribution in [0.2, 0.25) is 0 Å². The van der Waals surface area contributed by atoms with E-state index in [1.807, 2.05) is 11.8 Å². The van der Waals surface area contributed by atoms with Crippen LogP contribution in [0.1, 0.15) is 37.9 Å². The zero-order valence-electron chi connectivity index (χ0n) is 9.75. The van der Waals surface area contributed by atoms with Gasteiger partial charge in [0.1, 0.15) is 0 Å². The second-order valence-electron chi connectivity index (χ2n) is 4.59. The molecule has 1 aromatic heterocycles. The molecule has 1 rings (SSSR count). The molecule has 0 spiro atoms. The van der Waals surface area contributed by atoms with Gasteiger partial charge in [-0.05, 0) is 18.7 Å². The van der Waals surface area contributed by atoms with Gasteiger partial charge in [0.15, 0.2) is 0 Å². The largest absolute Gasteiger partial charge is 0.330 e. The topological polar surface area (TPSA) is 38.9 Å². The second kappa shape index (κ2) is 5.87. The van der Waals surface area contributed by atoms with Crippen LogP contribution in [0.15, 0.2) is 5.38 Å². The van der Waals surface area contributed by atoms with Gasteiger partial charge in [0, 0.05) is 16.5 Å². The number of thiazole rings is 1. The van der Waals surface area contributed by atoms with Gasteiger partial charge in [-0.15, -0.1) is 11.3 Å². The summed E-state index contributed by atoms with van der Waals surface area (Å²) in [7, 11) is 0. The third-order valence-corrected chi connectivity index (χ3v) is 4.33. The van der Waals surface area contributed by atoms with Gasteiger partial charge in [-0.2, -0.15) is 11.8 Å². The zero-order chi connectivity index (χ0) is 11.3. The lowest BCUT2D eigenvalue weighted by molar-refractivity contribution is 0.584. The highest BCUT2D eigenvalue weighted by atomic mass is 32.2. The number of rotatable bonds is 5. The van der Waals surface area contributed by atoms with Crippen LogP contribution in [-0.2, 0) is 11.2 Å². The van der Waals surface area contributed by atoms with E-state index < -0.39 is 0 Å². The monoisotopic (exact) mass is 244 g/mol. The van der Waals surface area contributed by atoms with Crippen LogP contribution >= 0.6 is 23.1 Å². The van der Waals surface area contributed by atoms with Gasteiger partial charge < -0.3 is 5.73 Å². The molecule has 0 bridgehead atoms. The standard InChI is InChI=1S/C11H20N2S2/c1-11(2,3)10-13-9(8-15-10)7-14-6-4-5-12/h8H,4-7,12H2,1-3H3. The number of nitrogens with two attached hydrogens (primary N) is 1. The van der Waals surface area contributed by atoms with Gasteiger partial charge in [-0.3, -0.25) is 0 Å². The van der Waals surface area contributed by atoms with Crippen molar-refractivity contribution in [2.45, 2.75) is 38.4 Å². The Morgan fingerprint density at radius 2 is 2.20 bits per heavy atom. The first kappa shape index (κ1) is 13.0. The summed E-state index contributed by atoms with van der Waals surface area (Å²) in [5.74, 6) is 2.16. The van der Waals surface area contributed by atoms with E-state index in [4.69, 9.17) is 5.73 Å². The SMILES string of the molecule is CC(C)(C)c1nc(CSCCCN)cs1. The van der Waals surface area contributed by atoms with E-state index in [-0.39, 0.29) is 5.41 Å². The average Bonchev–Trinajstić information content (AvgIpc) is 2.60. The van der Waals surface area contributed by atoms with Crippen molar-refractivity contribution < 1.29 is 0 Å². The molecule has 1 heterocycles. The molecular formula is C11H20N2S2. The summed E-state index contributed by atoms with van der Waals surface area (Å²) >= 11 is 3.69. The molecule has 2 nitrogen and oxygen atoms in total. The molecule has 0 saturated carbocycles. The molecule has 0 saturated heterocycles. The molecule has 0 amide bonds. The van der Waals surface area contributed by atoms with Crippen molar-refractivity contribution in [2.75, 3.05) is 12.3 Å². The Morgan fingerprint density at radius 3 is 2.73 bits per heavy atom. The van der Waals surface area contributed by atoms with Gasteiger partial charge >= 0.3 is 0 Å². The van der Waals surface area contributed by atoms with Crippen LogP contribution in [0.4, 0.5) is 0 Å². The molecule has 0 fully saturated rings. The Bertz CT molecular complexity index is 289. The van der Waals surface area contributed by atoms with Crippen LogP contribution in [-0.4, -0.2) is 17.3 Å². The third kappa shape index (κ3) is 4.53. The minimum Gasteiger partial charge on any atom is -0.330 e. The molecule has 2 N–H and O–H groups in total. The van der Waals surface area contributed by atoms with Gasteiger partial charge in [0.2, 0.25) is 0 Å². The predicted octanol–water partition coefficient (Wildman–Crippen LogP) is 3.02. The van der Waals surface area contributed by atoms with Gasteiger partial charge in [0.05, 0.1) is 10.7 Å². The fraction of sp³-hybridized carbons (Fsp3) is 0.727. The minimum absolute atomic E-state index is 0.185. The maximum atomic E-state index is 5.44. The van der Waals surface area contributed by atoms with Crippen molar-refractivity contribution >= 4 is 23.1 Å². The van der Waals surface area contributed by atoms with E-state index in [9.17, 15) is 0 Å². The first-order valence-corrected chi connectivity index (χ1v) is 7.30. The first-order valence-electron chi connectivity index (χ1n) is 5.26. The minimum atomic E-state index is 0.185. The van der Waals surface area contributed by atoms with Crippen LogP contribution in [0.5, 0.6) is 0 Å². The number of hydrogen-bond acceptors (Lipinski definition) is 4. The molecule has 0 aliphatic carbocycles. The van der Waals surface area contributed by atoms with Crippen molar-refractivity contribution in [3.63, 3.8) is 0 Å². The first-order chi connectivity index (χ1) is 7.04. The molecule has 0 aromatic carbocycles. The van der Waals surface area contributed by atoms with E-state index in [2.05, 4.69) is 31.1 Å². The molecule has 4 heteroatoms. The quantitative estimate of drug-likeness (QED) is 0.809. The Balaban J connectivity index is 2.40. The van der Waals surface area contributed by atoms with Crippen LogP contribution in [0.3, 0.4) is 0 Å². The van der Waals surface area contributed by atoms with E-state index >= 15 is 0 Å². The molecule has 0 aliphatic rings. The average molecular weight is 244 g/mol. The van der Waals surface area contributed by atoms with Gasteiger partial charge in [-0.1, -0.05) is 20.8 Å². The fourth-order valence-electron chi connectivity index (χ4n) is 1.08. The summed E-state index contributed by atoms with van der Waals surface area (Å²) < 4.78 is 0. The van der Waals surface area contributed by atoms with Crippen LogP contribution in [0.25, 0.3) is 0 Å². The van der Waals surface area contributed by atoms with Gasteiger partial charge in [0.25, 0.3) is 0 Å². The zero-order valence-corrected chi connectivity index (χ0v) is 11.4. The number of hydrogen-bond donors (Lipinski definition) is 1. The molecule has 0 atom stereocenters. The Morgan fingerprint density at radius 1 is 1.47 bits per heavy atom. The Kier molecular flexibility index (Phi) is 5.09. The highest BCUT2D eigenvalue weighted by Crippen LogP contribution is 2.26. The van der Waals surface area contributed by atoms with Crippen molar-refractivity contribution in [3.05, 3.63) is 16.1 Å². The maximum Gasteiger partial charge on any atom is 0.0982 e. The summed E-state index contributed by atoms with van der Waals surface area (Å²) in [4.78, 5) is 4.65. The summed E-state index contributed by atoms with van der Waals surface area (Å²) in [6, 6.07) is 0. The molecule has 86 valence electrons. The highest BCUT2D eigenvalue weighted by molar-refractivity contribution is 7.98. The van der Waals surface area contributed by atoms with E-state index in [1.54, 1.807) is 11.3 Å². The van der Waals surface area contributed by atoms with E-state index in [0.29, 0.717) is 0 Å². The molecule has 15 heavy (non-hydrogen) atoms. The molecule has 0 radical (unpaired) electrons.